The number of methoxy groups -OCH3 is 1. The molecule has 2 aromatic rings. The number of hydrogen-bond donors (Lipinski definition) is 0. The fourth-order valence-corrected chi connectivity index (χ4v) is 1.65. The lowest BCUT2D eigenvalue weighted by Gasteiger charge is -2.03. The Morgan fingerprint density at radius 2 is 1.88 bits per heavy atom. The number of carbonyl (C=O) groups is 1. The molecule has 0 atom stereocenters. The number of ether oxygens (including phenoxy) is 1. The van der Waals surface area contributed by atoms with Gasteiger partial charge in [-0.1, -0.05) is 18.2 Å². The molecule has 0 aliphatic rings. The van der Waals surface area contributed by atoms with Crippen molar-refractivity contribution in [3.05, 3.63) is 35.2 Å². The van der Waals surface area contributed by atoms with E-state index in [1.165, 1.54) is 7.11 Å². The van der Waals surface area contributed by atoms with Crippen LogP contribution in [0.1, 0.15) is 21.8 Å². The molecule has 0 spiro atoms. The van der Waals surface area contributed by atoms with E-state index in [0.29, 0.717) is 5.89 Å². The molecule has 5 heteroatoms. The highest BCUT2D eigenvalue weighted by Crippen LogP contribution is 2.25. The van der Waals surface area contributed by atoms with Crippen LogP contribution < -0.4 is 0 Å². The summed E-state index contributed by atoms with van der Waals surface area (Å²) >= 11 is 0. The molecule has 88 valence electrons. The van der Waals surface area contributed by atoms with Crippen LogP contribution in [-0.4, -0.2) is 23.3 Å². The van der Waals surface area contributed by atoms with Gasteiger partial charge >= 0.3 is 11.9 Å². The van der Waals surface area contributed by atoms with Crippen LogP contribution in [0.15, 0.2) is 22.6 Å². The molecule has 0 aliphatic heterocycles. The van der Waals surface area contributed by atoms with Gasteiger partial charge in [-0.2, -0.15) is 0 Å². The normalized spacial score (nSPS) is 10.3. The maximum atomic E-state index is 11.2. The fourth-order valence-electron chi connectivity index (χ4n) is 1.65. The summed E-state index contributed by atoms with van der Waals surface area (Å²) < 4.78 is 9.80. The third kappa shape index (κ3) is 2.04. The molecule has 0 aliphatic carbocycles. The zero-order valence-electron chi connectivity index (χ0n) is 9.85. The molecule has 0 amide bonds. The monoisotopic (exact) mass is 232 g/mol. The molecule has 2 rings (SSSR count). The fraction of sp³-hybridized carbons (Fsp3) is 0.250. The van der Waals surface area contributed by atoms with Gasteiger partial charge < -0.3 is 9.15 Å². The van der Waals surface area contributed by atoms with Crippen LogP contribution >= 0.6 is 0 Å². The third-order valence-corrected chi connectivity index (χ3v) is 2.48. The first-order chi connectivity index (χ1) is 8.13. The van der Waals surface area contributed by atoms with Gasteiger partial charge in [0.25, 0.3) is 0 Å². The molecule has 0 radical (unpaired) electrons. The Bertz CT molecular complexity index is 540. The molecule has 1 aromatic heterocycles. The number of carbonyl (C=O) groups excluding carboxylic acids is 1. The molecule has 1 aromatic carbocycles. The molecular weight excluding hydrogens is 220 g/mol. The summed E-state index contributed by atoms with van der Waals surface area (Å²) in [6.45, 7) is 3.90. The second kappa shape index (κ2) is 4.37. The van der Waals surface area contributed by atoms with E-state index in [0.717, 1.165) is 16.7 Å². The number of aromatic nitrogens is 2. The minimum Gasteiger partial charge on any atom is -0.462 e. The molecule has 0 bridgehead atoms. The van der Waals surface area contributed by atoms with Crippen LogP contribution in [0.4, 0.5) is 0 Å². The average molecular weight is 232 g/mol. The van der Waals surface area contributed by atoms with Gasteiger partial charge in [0.1, 0.15) is 0 Å². The van der Waals surface area contributed by atoms with Crippen LogP contribution in [0.5, 0.6) is 0 Å². The Labute approximate surface area is 98.4 Å². The summed E-state index contributed by atoms with van der Waals surface area (Å²) in [5.41, 5.74) is 2.89. The third-order valence-electron chi connectivity index (χ3n) is 2.48. The lowest BCUT2D eigenvalue weighted by molar-refractivity contribution is 0.0556. The van der Waals surface area contributed by atoms with Gasteiger partial charge in [0, 0.05) is 5.56 Å². The van der Waals surface area contributed by atoms with Gasteiger partial charge in [0.05, 0.1) is 7.11 Å². The zero-order valence-corrected chi connectivity index (χ0v) is 9.85. The molecule has 0 fully saturated rings. The summed E-state index contributed by atoms with van der Waals surface area (Å²) in [6, 6.07) is 5.85. The molecule has 0 unspecified atom stereocenters. The summed E-state index contributed by atoms with van der Waals surface area (Å²) in [5, 5.41) is 7.51. The highest BCUT2D eigenvalue weighted by atomic mass is 16.5. The van der Waals surface area contributed by atoms with Gasteiger partial charge in [0.15, 0.2) is 0 Å². The molecule has 0 N–H and O–H groups in total. The quantitative estimate of drug-likeness (QED) is 0.742. The Hall–Kier alpha value is -2.17. The van der Waals surface area contributed by atoms with Gasteiger partial charge in [-0.15, -0.1) is 10.2 Å². The van der Waals surface area contributed by atoms with E-state index >= 15 is 0 Å². The van der Waals surface area contributed by atoms with Gasteiger partial charge in [-0.3, -0.25) is 0 Å². The van der Waals surface area contributed by atoms with Crippen molar-refractivity contribution in [1.29, 1.82) is 0 Å². The minimum absolute atomic E-state index is 0.134. The smallest absolute Gasteiger partial charge is 0.396 e. The van der Waals surface area contributed by atoms with Crippen molar-refractivity contribution in [2.45, 2.75) is 13.8 Å². The number of nitrogens with zero attached hydrogens (tertiary/aromatic N) is 2. The molecule has 17 heavy (non-hydrogen) atoms. The highest BCUT2D eigenvalue weighted by Gasteiger charge is 2.18. The standard InChI is InChI=1S/C12H12N2O3/c1-7-5-4-6-8(2)9(7)10-13-14-11(17-10)12(15)16-3/h4-6H,1-3H3. The van der Waals surface area contributed by atoms with Crippen LogP contribution in [-0.2, 0) is 4.74 Å². The van der Waals surface area contributed by atoms with E-state index in [-0.39, 0.29) is 5.89 Å². The van der Waals surface area contributed by atoms with Crippen molar-refractivity contribution in [2.24, 2.45) is 0 Å². The second-order valence-electron chi connectivity index (χ2n) is 3.67. The predicted octanol–water partition coefficient (Wildman–Crippen LogP) is 2.14. The summed E-state index contributed by atoms with van der Waals surface area (Å²) in [5.74, 6) is -0.429. The zero-order chi connectivity index (χ0) is 12.4. The summed E-state index contributed by atoms with van der Waals surface area (Å²) in [7, 11) is 1.27. The van der Waals surface area contributed by atoms with Crippen molar-refractivity contribution >= 4 is 5.97 Å². The van der Waals surface area contributed by atoms with E-state index in [1.54, 1.807) is 0 Å². The summed E-state index contributed by atoms with van der Waals surface area (Å²) in [6.07, 6.45) is 0. The number of rotatable bonds is 2. The molecule has 0 saturated carbocycles. The van der Waals surface area contributed by atoms with Crippen LogP contribution in [0.3, 0.4) is 0 Å². The van der Waals surface area contributed by atoms with E-state index in [2.05, 4.69) is 14.9 Å². The van der Waals surface area contributed by atoms with Crippen molar-refractivity contribution in [1.82, 2.24) is 10.2 Å². The first-order valence-corrected chi connectivity index (χ1v) is 5.12. The van der Waals surface area contributed by atoms with E-state index in [4.69, 9.17) is 4.42 Å². The van der Waals surface area contributed by atoms with Crippen LogP contribution in [0, 0.1) is 13.8 Å². The van der Waals surface area contributed by atoms with Gasteiger partial charge in [0.2, 0.25) is 5.89 Å². The highest BCUT2D eigenvalue weighted by molar-refractivity contribution is 5.84. The maximum Gasteiger partial charge on any atom is 0.396 e. The Morgan fingerprint density at radius 1 is 1.24 bits per heavy atom. The first kappa shape index (κ1) is 11.3. The maximum absolute atomic E-state index is 11.2. The molecule has 5 nitrogen and oxygen atoms in total. The SMILES string of the molecule is COC(=O)c1nnc(-c2c(C)cccc2C)o1. The predicted molar refractivity (Wildman–Crippen MR) is 60.5 cm³/mol. The lowest BCUT2D eigenvalue weighted by atomic mass is 10.0. The van der Waals surface area contributed by atoms with E-state index in [9.17, 15) is 4.79 Å². The molecular formula is C12H12N2O3. The Morgan fingerprint density at radius 3 is 2.47 bits per heavy atom. The average Bonchev–Trinajstić information content (AvgIpc) is 2.77. The lowest BCUT2D eigenvalue weighted by Crippen LogP contribution is -2.00. The number of hydrogen-bond acceptors (Lipinski definition) is 5. The van der Waals surface area contributed by atoms with E-state index in [1.807, 2.05) is 32.0 Å². The molecule has 1 heterocycles. The topological polar surface area (TPSA) is 65.2 Å². The summed E-state index contributed by atoms with van der Waals surface area (Å²) in [4.78, 5) is 11.2. The van der Waals surface area contributed by atoms with Crippen molar-refractivity contribution in [3.8, 4) is 11.5 Å². The number of benzene rings is 1. The first-order valence-electron chi connectivity index (χ1n) is 5.12. The van der Waals surface area contributed by atoms with Gasteiger partial charge in [-0.25, -0.2) is 4.79 Å². The van der Waals surface area contributed by atoms with Crippen molar-refractivity contribution in [2.75, 3.05) is 7.11 Å². The Kier molecular flexibility index (Phi) is 2.91. The van der Waals surface area contributed by atoms with Crippen molar-refractivity contribution < 1.29 is 13.9 Å². The van der Waals surface area contributed by atoms with E-state index < -0.39 is 5.97 Å². The van der Waals surface area contributed by atoms with Crippen LogP contribution in [0.25, 0.3) is 11.5 Å². The second-order valence-corrected chi connectivity index (χ2v) is 3.67. The van der Waals surface area contributed by atoms with Gasteiger partial charge in [-0.05, 0) is 25.0 Å². The number of esters is 1. The van der Waals surface area contributed by atoms with Crippen molar-refractivity contribution in [3.63, 3.8) is 0 Å². The largest absolute Gasteiger partial charge is 0.462 e. The van der Waals surface area contributed by atoms with Crippen LogP contribution in [0.2, 0.25) is 0 Å². The molecule has 0 saturated heterocycles. The Balaban J connectivity index is 2.47. The minimum atomic E-state index is -0.630. The number of aryl methyl sites for hydroxylation is 2.